The monoisotopic (exact) mass is 249 g/mol. The van der Waals surface area contributed by atoms with Gasteiger partial charge in [0.1, 0.15) is 5.75 Å². The summed E-state index contributed by atoms with van der Waals surface area (Å²) in [5.74, 6) is 0.974. The van der Waals surface area contributed by atoms with Crippen molar-refractivity contribution in [2.75, 3.05) is 19.8 Å². The third-order valence-corrected chi connectivity index (χ3v) is 3.17. The largest absolute Gasteiger partial charge is 0.494 e. The van der Waals surface area contributed by atoms with Gasteiger partial charge in [-0.3, -0.25) is 0 Å². The van der Waals surface area contributed by atoms with Gasteiger partial charge in [0.15, 0.2) is 0 Å². The van der Waals surface area contributed by atoms with E-state index in [0.29, 0.717) is 6.04 Å². The summed E-state index contributed by atoms with van der Waals surface area (Å²) >= 11 is 0. The summed E-state index contributed by atoms with van der Waals surface area (Å²) in [5, 5.41) is 3.45. The highest BCUT2D eigenvalue weighted by molar-refractivity contribution is 5.27. The van der Waals surface area contributed by atoms with E-state index in [-0.39, 0.29) is 0 Å². The van der Waals surface area contributed by atoms with Gasteiger partial charge in [-0.25, -0.2) is 0 Å². The van der Waals surface area contributed by atoms with Crippen LogP contribution < -0.4 is 10.1 Å². The number of ether oxygens (including phenoxy) is 2. The lowest BCUT2D eigenvalue weighted by atomic mass is 10.2. The fourth-order valence-electron chi connectivity index (χ4n) is 1.86. The van der Waals surface area contributed by atoms with Gasteiger partial charge in [0.05, 0.1) is 25.9 Å². The van der Waals surface area contributed by atoms with Gasteiger partial charge >= 0.3 is 0 Å². The molecule has 1 N–H and O–H groups in total. The quantitative estimate of drug-likeness (QED) is 0.719. The molecular weight excluding hydrogens is 226 g/mol. The van der Waals surface area contributed by atoms with Gasteiger partial charge in [-0.05, 0) is 24.1 Å². The minimum Gasteiger partial charge on any atom is -0.494 e. The van der Waals surface area contributed by atoms with Crippen molar-refractivity contribution in [1.29, 1.82) is 0 Å². The zero-order valence-electron chi connectivity index (χ0n) is 11.2. The Bertz CT molecular complexity index is 333. The standard InChI is InChI=1S/C15H23NO2/c1-2-3-4-9-18-15-7-5-13(6-8-15)10-16-14-11-17-12-14/h5-8,14,16H,2-4,9-12H2,1H3. The molecule has 1 heterocycles. The van der Waals surface area contributed by atoms with Crippen LogP contribution in [0.4, 0.5) is 0 Å². The average Bonchev–Trinajstić information content (AvgIpc) is 2.34. The van der Waals surface area contributed by atoms with Crippen LogP contribution in [0.2, 0.25) is 0 Å². The normalized spacial score (nSPS) is 15.4. The summed E-state index contributed by atoms with van der Waals surface area (Å²) in [4.78, 5) is 0. The van der Waals surface area contributed by atoms with E-state index in [9.17, 15) is 0 Å². The zero-order chi connectivity index (χ0) is 12.6. The van der Waals surface area contributed by atoms with Crippen molar-refractivity contribution in [2.24, 2.45) is 0 Å². The first-order chi connectivity index (χ1) is 8.88. The molecule has 0 atom stereocenters. The lowest BCUT2D eigenvalue weighted by Gasteiger charge is -2.27. The maximum absolute atomic E-state index is 5.68. The molecule has 18 heavy (non-hydrogen) atoms. The molecule has 0 saturated carbocycles. The van der Waals surface area contributed by atoms with Crippen molar-refractivity contribution in [2.45, 2.75) is 38.8 Å². The molecule has 0 spiro atoms. The second-order valence-electron chi connectivity index (χ2n) is 4.81. The fraction of sp³-hybridized carbons (Fsp3) is 0.600. The summed E-state index contributed by atoms with van der Waals surface area (Å²) in [6, 6.07) is 8.90. The third kappa shape index (κ3) is 4.31. The molecule has 1 fully saturated rings. The van der Waals surface area contributed by atoms with Gasteiger partial charge in [0.2, 0.25) is 0 Å². The van der Waals surface area contributed by atoms with E-state index < -0.39 is 0 Å². The minimum atomic E-state index is 0.537. The van der Waals surface area contributed by atoms with Crippen LogP contribution in [-0.2, 0) is 11.3 Å². The van der Waals surface area contributed by atoms with Gasteiger partial charge in [0, 0.05) is 6.54 Å². The van der Waals surface area contributed by atoms with Crippen molar-refractivity contribution >= 4 is 0 Å². The van der Waals surface area contributed by atoms with E-state index in [4.69, 9.17) is 9.47 Å². The summed E-state index contributed by atoms with van der Waals surface area (Å²) in [5.41, 5.74) is 1.29. The summed E-state index contributed by atoms with van der Waals surface area (Å²) in [7, 11) is 0. The molecule has 1 saturated heterocycles. The maximum atomic E-state index is 5.68. The molecule has 0 bridgehead atoms. The molecule has 0 amide bonds. The highest BCUT2D eigenvalue weighted by Gasteiger charge is 2.16. The van der Waals surface area contributed by atoms with Crippen molar-refractivity contribution in [3.8, 4) is 5.75 Å². The first kappa shape index (κ1) is 13.4. The van der Waals surface area contributed by atoms with Crippen molar-refractivity contribution in [3.63, 3.8) is 0 Å². The molecule has 2 rings (SSSR count). The molecule has 100 valence electrons. The van der Waals surface area contributed by atoms with E-state index in [1.807, 2.05) is 0 Å². The van der Waals surface area contributed by atoms with Crippen LogP contribution in [-0.4, -0.2) is 25.9 Å². The Balaban J connectivity index is 1.67. The average molecular weight is 249 g/mol. The number of hydrogen-bond acceptors (Lipinski definition) is 3. The molecule has 0 unspecified atom stereocenters. The molecule has 0 aliphatic carbocycles. The first-order valence-electron chi connectivity index (χ1n) is 6.91. The molecule has 3 heteroatoms. The SMILES string of the molecule is CCCCCOc1ccc(CNC2COC2)cc1. The Morgan fingerprint density at radius 1 is 1.22 bits per heavy atom. The first-order valence-corrected chi connectivity index (χ1v) is 6.91. The Kier molecular flexibility index (Phi) is 5.49. The predicted octanol–water partition coefficient (Wildman–Crippen LogP) is 2.74. The lowest BCUT2D eigenvalue weighted by Crippen LogP contribution is -2.45. The van der Waals surface area contributed by atoms with Crippen LogP contribution >= 0.6 is 0 Å². The number of benzene rings is 1. The van der Waals surface area contributed by atoms with E-state index in [0.717, 1.165) is 38.5 Å². The molecule has 0 radical (unpaired) electrons. The van der Waals surface area contributed by atoms with E-state index in [2.05, 4.69) is 36.5 Å². The van der Waals surface area contributed by atoms with Crippen molar-refractivity contribution in [1.82, 2.24) is 5.32 Å². The number of rotatable bonds is 8. The molecule has 3 nitrogen and oxygen atoms in total. The van der Waals surface area contributed by atoms with Crippen LogP contribution in [0.1, 0.15) is 31.7 Å². The smallest absolute Gasteiger partial charge is 0.119 e. The highest BCUT2D eigenvalue weighted by Crippen LogP contribution is 2.13. The number of nitrogens with one attached hydrogen (secondary N) is 1. The van der Waals surface area contributed by atoms with Gasteiger partial charge in [-0.1, -0.05) is 31.9 Å². The summed E-state index contributed by atoms with van der Waals surface area (Å²) in [6.07, 6.45) is 3.62. The Morgan fingerprint density at radius 2 is 2.00 bits per heavy atom. The summed E-state index contributed by atoms with van der Waals surface area (Å²) < 4.78 is 10.8. The van der Waals surface area contributed by atoms with Crippen LogP contribution in [0.5, 0.6) is 5.75 Å². The molecule has 0 aromatic heterocycles. The Labute approximate surface area is 109 Å². The van der Waals surface area contributed by atoms with Gasteiger partial charge in [-0.2, -0.15) is 0 Å². The lowest BCUT2D eigenvalue weighted by molar-refractivity contribution is -0.00578. The van der Waals surface area contributed by atoms with Crippen LogP contribution in [0, 0.1) is 0 Å². The molecule has 1 aliphatic rings. The number of hydrogen-bond donors (Lipinski definition) is 1. The van der Waals surface area contributed by atoms with Crippen LogP contribution in [0.25, 0.3) is 0 Å². The second-order valence-corrected chi connectivity index (χ2v) is 4.81. The minimum absolute atomic E-state index is 0.537. The maximum Gasteiger partial charge on any atom is 0.119 e. The van der Waals surface area contributed by atoms with Gasteiger partial charge < -0.3 is 14.8 Å². The van der Waals surface area contributed by atoms with E-state index in [1.165, 1.54) is 18.4 Å². The van der Waals surface area contributed by atoms with Crippen molar-refractivity contribution in [3.05, 3.63) is 29.8 Å². The van der Waals surface area contributed by atoms with Crippen molar-refractivity contribution < 1.29 is 9.47 Å². The van der Waals surface area contributed by atoms with Crippen LogP contribution in [0.15, 0.2) is 24.3 Å². The van der Waals surface area contributed by atoms with Gasteiger partial charge in [-0.15, -0.1) is 0 Å². The van der Waals surface area contributed by atoms with Gasteiger partial charge in [0.25, 0.3) is 0 Å². The second kappa shape index (κ2) is 7.39. The molecule has 1 aromatic carbocycles. The molecular formula is C15H23NO2. The zero-order valence-corrected chi connectivity index (χ0v) is 11.2. The predicted molar refractivity (Wildman–Crippen MR) is 72.9 cm³/mol. The topological polar surface area (TPSA) is 30.5 Å². The summed E-state index contributed by atoms with van der Waals surface area (Å²) in [6.45, 7) is 5.63. The molecule has 1 aliphatic heterocycles. The highest BCUT2D eigenvalue weighted by atomic mass is 16.5. The third-order valence-electron chi connectivity index (χ3n) is 3.17. The number of unbranched alkanes of at least 4 members (excludes halogenated alkanes) is 2. The van der Waals surface area contributed by atoms with E-state index >= 15 is 0 Å². The molecule has 1 aromatic rings. The fourth-order valence-corrected chi connectivity index (χ4v) is 1.86. The van der Waals surface area contributed by atoms with E-state index in [1.54, 1.807) is 0 Å². The van der Waals surface area contributed by atoms with Crippen LogP contribution in [0.3, 0.4) is 0 Å². The Hall–Kier alpha value is -1.06. The Morgan fingerprint density at radius 3 is 2.61 bits per heavy atom.